The summed E-state index contributed by atoms with van der Waals surface area (Å²) in [6.45, 7) is 0. The number of benzene rings is 1. The topological polar surface area (TPSA) is 46.5 Å². The van der Waals surface area contributed by atoms with E-state index >= 15 is 0 Å². The molecule has 0 radical (unpaired) electrons. The molecule has 3 heteroatoms. The summed E-state index contributed by atoms with van der Waals surface area (Å²) >= 11 is 0. The van der Waals surface area contributed by atoms with Gasteiger partial charge in [-0.2, -0.15) is 0 Å². The molecule has 4 saturated carbocycles. The molecule has 21 heavy (non-hydrogen) atoms. The number of hydrogen-bond acceptors (Lipinski definition) is 3. The maximum absolute atomic E-state index is 13.1. The van der Waals surface area contributed by atoms with Crippen LogP contribution in [0.4, 0.5) is 0 Å². The highest BCUT2D eigenvalue weighted by Crippen LogP contribution is 2.61. The van der Waals surface area contributed by atoms with Gasteiger partial charge in [0.1, 0.15) is 0 Å². The molecule has 5 rings (SSSR count). The van der Waals surface area contributed by atoms with Crippen molar-refractivity contribution in [1.82, 2.24) is 0 Å². The molecule has 0 aliphatic heterocycles. The number of methoxy groups -OCH3 is 1. The molecule has 0 aromatic heterocycles. The van der Waals surface area contributed by atoms with Crippen LogP contribution in [0.5, 0.6) is 11.5 Å². The molecule has 4 aliphatic rings. The smallest absolute Gasteiger partial charge is 0.169 e. The fourth-order valence-electron chi connectivity index (χ4n) is 5.53. The van der Waals surface area contributed by atoms with Gasteiger partial charge >= 0.3 is 0 Å². The van der Waals surface area contributed by atoms with Gasteiger partial charge < -0.3 is 9.84 Å². The predicted molar refractivity (Wildman–Crippen MR) is 79.6 cm³/mol. The number of hydrogen-bond donors (Lipinski definition) is 1. The minimum Gasteiger partial charge on any atom is -0.504 e. The average Bonchev–Trinajstić information content (AvgIpc) is 2.45. The Morgan fingerprint density at radius 2 is 1.71 bits per heavy atom. The van der Waals surface area contributed by atoms with Crippen molar-refractivity contribution >= 4 is 5.78 Å². The van der Waals surface area contributed by atoms with Crippen molar-refractivity contribution in [2.24, 2.45) is 23.2 Å². The van der Waals surface area contributed by atoms with Crippen molar-refractivity contribution in [1.29, 1.82) is 0 Å². The van der Waals surface area contributed by atoms with Crippen LogP contribution in [-0.4, -0.2) is 18.0 Å². The van der Waals surface area contributed by atoms with Crippen LogP contribution in [0.25, 0.3) is 0 Å². The normalized spacial score (nSPS) is 36.7. The van der Waals surface area contributed by atoms with Crippen molar-refractivity contribution in [3.8, 4) is 11.5 Å². The molecule has 4 aliphatic carbocycles. The Morgan fingerprint density at radius 3 is 2.19 bits per heavy atom. The lowest BCUT2D eigenvalue weighted by molar-refractivity contribution is -0.0353. The zero-order valence-electron chi connectivity index (χ0n) is 12.5. The van der Waals surface area contributed by atoms with Gasteiger partial charge in [0.25, 0.3) is 0 Å². The predicted octanol–water partition coefficient (Wildman–Crippen LogP) is 3.80. The van der Waals surface area contributed by atoms with E-state index in [0.717, 1.165) is 37.0 Å². The number of ether oxygens (including phenoxy) is 1. The van der Waals surface area contributed by atoms with Crippen molar-refractivity contribution < 1.29 is 14.6 Å². The molecular weight excluding hydrogens is 264 g/mol. The highest BCUT2D eigenvalue weighted by molar-refractivity contribution is 6.01. The van der Waals surface area contributed by atoms with Crippen LogP contribution in [0.2, 0.25) is 0 Å². The third kappa shape index (κ3) is 1.97. The molecule has 1 N–H and O–H groups in total. The first-order valence-corrected chi connectivity index (χ1v) is 8.01. The lowest BCUT2D eigenvalue weighted by Crippen LogP contribution is -2.50. The zero-order valence-corrected chi connectivity index (χ0v) is 12.5. The number of ketones is 1. The van der Waals surface area contributed by atoms with Gasteiger partial charge in [0.2, 0.25) is 0 Å². The molecule has 0 heterocycles. The zero-order chi connectivity index (χ0) is 14.6. The summed E-state index contributed by atoms with van der Waals surface area (Å²) in [6.07, 6.45) is 7.18. The van der Waals surface area contributed by atoms with E-state index in [1.807, 2.05) is 0 Å². The standard InChI is InChI=1S/C18H22O3/c1-21-16-3-2-14(7-15(16)19)17(20)18-8-11-4-12(9-18)6-13(5-11)10-18/h2-3,7,11-13,19H,4-6,8-10H2,1H3. The SMILES string of the molecule is COc1ccc(C(=O)C23CC4CC(CC(C4)C2)C3)cc1O. The van der Waals surface area contributed by atoms with E-state index in [0.29, 0.717) is 11.3 Å². The van der Waals surface area contributed by atoms with Crippen LogP contribution >= 0.6 is 0 Å². The van der Waals surface area contributed by atoms with Crippen LogP contribution in [-0.2, 0) is 0 Å². The largest absolute Gasteiger partial charge is 0.504 e. The molecule has 0 unspecified atom stereocenters. The highest BCUT2D eigenvalue weighted by atomic mass is 16.5. The summed E-state index contributed by atoms with van der Waals surface area (Å²) in [7, 11) is 1.52. The Bertz CT molecular complexity index is 555. The summed E-state index contributed by atoms with van der Waals surface area (Å²) in [5, 5.41) is 9.94. The summed E-state index contributed by atoms with van der Waals surface area (Å²) in [5.41, 5.74) is 0.505. The van der Waals surface area contributed by atoms with E-state index in [2.05, 4.69) is 0 Å². The molecule has 112 valence electrons. The van der Waals surface area contributed by atoms with Crippen molar-refractivity contribution in [2.45, 2.75) is 38.5 Å². The molecule has 1 aromatic rings. The number of Topliss-reactive ketones (excluding diaryl/α,β-unsaturated/α-hetero) is 1. The molecular formula is C18H22O3. The second-order valence-corrected chi connectivity index (χ2v) is 7.41. The molecule has 0 saturated heterocycles. The van der Waals surface area contributed by atoms with Gasteiger partial charge in [-0.05, 0) is 74.5 Å². The van der Waals surface area contributed by atoms with E-state index in [9.17, 15) is 9.90 Å². The van der Waals surface area contributed by atoms with Gasteiger partial charge in [0.05, 0.1) is 7.11 Å². The van der Waals surface area contributed by atoms with E-state index in [4.69, 9.17) is 4.74 Å². The Hall–Kier alpha value is -1.51. The second-order valence-electron chi connectivity index (χ2n) is 7.41. The summed E-state index contributed by atoms with van der Waals surface area (Å²) in [4.78, 5) is 13.1. The molecule has 4 fully saturated rings. The van der Waals surface area contributed by atoms with Crippen LogP contribution in [0.15, 0.2) is 18.2 Å². The lowest BCUT2D eigenvalue weighted by Gasteiger charge is -2.56. The van der Waals surface area contributed by atoms with Gasteiger partial charge in [-0.15, -0.1) is 0 Å². The fraction of sp³-hybridized carbons (Fsp3) is 0.611. The molecule has 0 spiro atoms. The summed E-state index contributed by atoms with van der Waals surface area (Å²) in [5.74, 6) is 3.01. The van der Waals surface area contributed by atoms with Crippen LogP contribution in [0.1, 0.15) is 48.9 Å². The first-order valence-electron chi connectivity index (χ1n) is 8.01. The molecule has 3 nitrogen and oxygen atoms in total. The molecule has 1 aromatic carbocycles. The Balaban J connectivity index is 1.67. The van der Waals surface area contributed by atoms with Crippen molar-refractivity contribution in [2.75, 3.05) is 7.11 Å². The van der Waals surface area contributed by atoms with E-state index in [1.165, 1.54) is 26.4 Å². The van der Waals surface area contributed by atoms with Crippen LogP contribution in [0, 0.1) is 23.2 Å². The summed E-state index contributed by atoms with van der Waals surface area (Å²) < 4.78 is 5.07. The lowest BCUT2D eigenvalue weighted by atomic mass is 9.48. The van der Waals surface area contributed by atoms with Crippen molar-refractivity contribution in [3.63, 3.8) is 0 Å². The first kappa shape index (κ1) is 13.2. The minimum absolute atomic E-state index is 0.0630. The van der Waals surface area contributed by atoms with Crippen molar-refractivity contribution in [3.05, 3.63) is 23.8 Å². The Kier molecular flexibility index (Phi) is 2.82. The van der Waals surface area contributed by atoms with Gasteiger partial charge in [0.15, 0.2) is 17.3 Å². The molecule has 0 atom stereocenters. The second kappa shape index (κ2) is 4.49. The number of rotatable bonds is 3. The Labute approximate surface area is 125 Å². The van der Waals surface area contributed by atoms with E-state index < -0.39 is 0 Å². The number of carbonyl (C=O) groups excluding carboxylic acids is 1. The first-order chi connectivity index (χ1) is 10.1. The van der Waals surface area contributed by atoms with Gasteiger partial charge in [-0.25, -0.2) is 0 Å². The number of phenolic OH excluding ortho intramolecular Hbond substituents is 1. The minimum atomic E-state index is -0.143. The van der Waals surface area contributed by atoms with Crippen LogP contribution < -0.4 is 4.74 Å². The van der Waals surface area contributed by atoms with Gasteiger partial charge in [-0.1, -0.05) is 0 Å². The van der Waals surface area contributed by atoms with Gasteiger partial charge in [-0.3, -0.25) is 4.79 Å². The van der Waals surface area contributed by atoms with E-state index in [1.54, 1.807) is 18.2 Å². The van der Waals surface area contributed by atoms with Gasteiger partial charge in [0, 0.05) is 11.0 Å². The fourth-order valence-corrected chi connectivity index (χ4v) is 5.53. The summed E-state index contributed by atoms with van der Waals surface area (Å²) in [6, 6.07) is 5.09. The quantitative estimate of drug-likeness (QED) is 0.860. The monoisotopic (exact) mass is 286 g/mol. The number of aromatic hydroxyl groups is 1. The highest BCUT2D eigenvalue weighted by Gasteiger charge is 2.54. The third-order valence-electron chi connectivity index (χ3n) is 5.96. The maximum Gasteiger partial charge on any atom is 0.169 e. The Morgan fingerprint density at radius 1 is 1.14 bits per heavy atom. The third-order valence-corrected chi connectivity index (χ3v) is 5.96. The number of carbonyl (C=O) groups is 1. The molecule has 0 amide bonds. The molecule has 4 bridgehead atoms. The maximum atomic E-state index is 13.1. The number of phenols is 1. The van der Waals surface area contributed by atoms with E-state index in [-0.39, 0.29) is 16.9 Å². The average molecular weight is 286 g/mol. The van der Waals surface area contributed by atoms with Crippen LogP contribution in [0.3, 0.4) is 0 Å².